The van der Waals surface area contributed by atoms with Crippen LogP contribution in [0.25, 0.3) is 0 Å². The van der Waals surface area contributed by atoms with Crippen LogP contribution < -0.4 is 5.43 Å². The van der Waals surface area contributed by atoms with E-state index in [-0.39, 0.29) is 0 Å². The van der Waals surface area contributed by atoms with Gasteiger partial charge in [-0.25, -0.2) is 10.0 Å². The molecule has 1 fully saturated rings. The Balaban J connectivity index is 0.000000815. The van der Waals surface area contributed by atoms with Gasteiger partial charge in [-0.2, -0.15) is 0 Å². The minimum absolute atomic E-state index is 0.903. The van der Waals surface area contributed by atoms with Crippen LogP contribution in [0.2, 0.25) is 0 Å². The van der Waals surface area contributed by atoms with E-state index in [4.69, 9.17) is 4.99 Å². The number of fused-ring (bicyclic) bond motifs is 2. The highest BCUT2D eigenvalue weighted by atomic mass is 32.2. The van der Waals surface area contributed by atoms with Crippen molar-refractivity contribution in [3.63, 3.8) is 0 Å². The summed E-state index contributed by atoms with van der Waals surface area (Å²) in [5.41, 5.74) is 9.15. The largest absolute Gasteiger partial charge is 0.303 e. The van der Waals surface area contributed by atoms with Crippen LogP contribution in [-0.2, 0) is 0 Å². The lowest BCUT2D eigenvalue weighted by molar-refractivity contribution is 0.194. The van der Waals surface area contributed by atoms with Crippen LogP contribution in [0.5, 0.6) is 0 Å². The topological polar surface area (TPSA) is 40.0 Å². The molecule has 1 saturated heterocycles. The molecule has 35 heavy (non-hydrogen) atoms. The van der Waals surface area contributed by atoms with Gasteiger partial charge in [0, 0.05) is 41.1 Å². The van der Waals surface area contributed by atoms with Gasteiger partial charge in [-0.3, -0.25) is 4.99 Å². The maximum absolute atomic E-state index is 5.22. The van der Waals surface area contributed by atoms with Gasteiger partial charge in [-0.15, -0.1) is 11.3 Å². The van der Waals surface area contributed by atoms with Crippen molar-refractivity contribution >= 4 is 40.3 Å². The molecule has 0 saturated carbocycles. The van der Waals surface area contributed by atoms with E-state index in [1.165, 1.54) is 45.1 Å². The maximum atomic E-state index is 5.22. The molecule has 0 bridgehead atoms. The van der Waals surface area contributed by atoms with Crippen molar-refractivity contribution in [2.24, 2.45) is 9.98 Å². The second-order valence-corrected chi connectivity index (χ2v) is 9.91. The summed E-state index contributed by atoms with van der Waals surface area (Å²) in [6.45, 7) is 12.3. The number of hydrazine groups is 1. The zero-order valence-electron chi connectivity index (χ0n) is 21.9. The molecule has 0 atom stereocenters. The molecule has 2 aromatic carbocycles. The van der Waals surface area contributed by atoms with E-state index in [1.807, 2.05) is 34.7 Å². The third-order valence-corrected chi connectivity index (χ3v) is 7.91. The monoisotopic (exact) mass is 506 g/mol. The third-order valence-electron chi connectivity index (χ3n) is 5.75. The summed E-state index contributed by atoms with van der Waals surface area (Å²) in [7, 11) is 1.85. The van der Waals surface area contributed by atoms with Gasteiger partial charge in [0.25, 0.3) is 0 Å². The predicted octanol–water partition coefficient (Wildman–Crippen LogP) is 8.11. The molecule has 3 aromatic rings. The molecular formula is C29H38N4S2. The first-order valence-corrected chi connectivity index (χ1v) is 14.5. The summed E-state index contributed by atoms with van der Waals surface area (Å²) in [4.78, 5) is 13.4. The molecule has 5 rings (SSSR count). The molecular weight excluding hydrogens is 468 g/mol. The third kappa shape index (κ3) is 6.43. The van der Waals surface area contributed by atoms with Crippen molar-refractivity contribution in [1.82, 2.24) is 10.4 Å². The van der Waals surface area contributed by atoms with Crippen LogP contribution >= 0.6 is 23.1 Å². The number of aryl methyl sites for hydroxylation is 1. The molecule has 0 radical (unpaired) electrons. The molecule has 6 heteroatoms. The van der Waals surface area contributed by atoms with Crippen molar-refractivity contribution in [3.8, 4) is 0 Å². The lowest BCUT2D eigenvalue weighted by Crippen LogP contribution is -2.45. The number of nitrogens with zero attached hydrogens (tertiary/aromatic N) is 3. The van der Waals surface area contributed by atoms with Crippen molar-refractivity contribution in [2.45, 2.75) is 63.7 Å². The first-order chi connectivity index (χ1) is 17.2. The Bertz CT molecular complexity index is 1160. The molecule has 1 aromatic heterocycles. The normalized spacial score (nSPS) is 15.3. The summed E-state index contributed by atoms with van der Waals surface area (Å²) in [5, 5.41) is 4.43. The number of aliphatic imine (C=N–C) groups is 2. The highest BCUT2D eigenvalue weighted by Gasteiger charge is 2.21. The van der Waals surface area contributed by atoms with E-state index < -0.39 is 0 Å². The molecule has 0 aliphatic carbocycles. The zero-order chi connectivity index (χ0) is 25.2. The lowest BCUT2D eigenvalue weighted by Gasteiger charge is -2.28. The minimum atomic E-state index is 0.903. The predicted molar refractivity (Wildman–Crippen MR) is 155 cm³/mol. The molecule has 1 N–H and O–H groups in total. The zero-order valence-corrected chi connectivity index (χ0v) is 23.5. The van der Waals surface area contributed by atoms with E-state index in [9.17, 15) is 0 Å². The Morgan fingerprint density at radius 3 is 2.37 bits per heavy atom. The van der Waals surface area contributed by atoms with Crippen LogP contribution in [0.4, 0.5) is 5.69 Å². The molecule has 0 amide bonds. The van der Waals surface area contributed by atoms with E-state index >= 15 is 0 Å². The molecule has 3 heterocycles. The van der Waals surface area contributed by atoms with Crippen molar-refractivity contribution < 1.29 is 0 Å². The second kappa shape index (κ2) is 13.6. The summed E-state index contributed by atoms with van der Waals surface area (Å²) < 4.78 is 0. The molecule has 2 aliphatic rings. The highest BCUT2D eigenvalue weighted by molar-refractivity contribution is 7.99. The molecule has 2 aliphatic heterocycles. The van der Waals surface area contributed by atoms with Crippen LogP contribution in [0.1, 0.15) is 68.5 Å². The number of nitrogens with one attached hydrogen (secondary N) is 1. The molecule has 0 unspecified atom stereocenters. The smallest absolute Gasteiger partial charge is 0.142 e. The van der Waals surface area contributed by atoms with E-state index in [2.05, 4.69) is 76.3 Å². The van der Waals surface area contributed by atoms with Gasteiger partial charge in [0.1, 0.15) is 5.84 Å². The summed E-state index contributed by atoms with van der Waals surface area (Å²) in [6.07, 6.45) is 3.78. The number of hydrogen-bond acceptors (Lipinski definition) is 5. The highest BCUT2D eigenvalue weighted by Crippen LogP contribution is 2.42. The molecule has 186 valence electrons. The number of piperidine rings is 1. The first kappa shape index (κ1) is 27.2. The Kier molecular flexibility index (Phi) is 10.6. The maximum Gasteiger partial charge on any atom is 0.142 e. The number of rotatable bonds is 3. The van der Waals surface area contributed by atoms with Gasteiger partial charge in [0.15, 0.2) is 0 Å². The van der Waals surface area contributed by atoms with E-state index in [1.54, 1.807) is 23.1 Å². The fourth-order valence-electron chi connectivity index (χ4n) is 4.08. The van der Waals surface area contributed by atoms with Gasteiger partial charge in [-0.1, -0.05) is 64.1 Å². The Morgan fingerprint density at radius 1 is 0.943 bits per heavy atom. The van der Waals surface area contributed by atoms with Crippen molar-refractivity contribution in [1.29, 1.82) is 0 Å². The molecule has 0 spiro atoms. The van der Waals surface area contributed by atoms with Crippen molar-refractivity contribution in [3.05, 3.63) is 75.5 Å². The average molecular weight is 507 g/mol. The minimum Gasteiger partial charge on any atom is -0.303 e. The Labute approximate surface area is 219 Å². The van der Waals surface area contributed by atoms with Crippen LogP contribution in [0, 0.1) is 6.92 Å². The average Bonchev–Trinajstić information content (AvgIpc) is 3.28. The van der Waals surface area contributed by atoms with E-state index in [0.29, 0.717) is 0 Å². The van der Waals surface area contributed by atoms with Gasteiger partial charge >= 0.3 is 0 Å². The number of hydrogen-bond donors (Lipinski definition) is 1. The van der Waals surface area contributed by atoms with Gasteiger partial charge in [-0.05, 0) is 61.0 Å². The molecule has 4 nitrogen and oxygen atoms in total. The number of thiophene rings is 1. The van der Waals surface area contributed by atoms with Gasteiger partial charge in [0.2, 0.25) is 0 Å². The number of benzene rings is 2. The van der Waals surface area contributed by atoms with Crippen LogP contribution in [0.3, 0.4) is 0 Å². The summed E-state index contributed by atoms with van der Waals surface area (Å²) >= 11 is 3.55. The van der Waals surface area contributed by atoms with E-state index in [0.717, 1.165) is 35.9 Å². The van der Waals surface area contributed by atoms with Gasteiger partial charge in [0.05, 0.1) is 16.3 Å². The number of amidine groups is 1. The SMILES string of the molecule is CC.CC.CN=C(NN1CCCCC1)c1ccc2c(c1)N=C(c1sccc1C)c1ccccc1S2. The summed E-state index contributed by atoms with van der Waals surface area (Å²) in [5.74, 6) is 0.903. The first-order valence-electron chi connectivity index (χ1n) is 12.8. The fraction of sp³-hybridized carbons (Fsp3) is 0.379. The second-order valence-electron chi connectivity index (χ2n) is 7.91. The Hall–Kier alpha value is -2.41. The fourth-order valence-corrected chi connectivity index (χ4v) is 6.01. The lowest BCUT2D eigenvalue weighted by atomic mass is 10.1. The summed E-state index contributed by atoms with van der Waals surface area (Å²) in [6, 6.07) is 17.3. The standard InChI is InChI=1S/C25H26N4S2.2C2H6/c1-17-12-15-30-24(17)23-19-8-4-5-9-21(19)31-22-11-10-18(16-20(22)27-23)25(26-2)28-29-13-6-3-7-14-29;2*1-2/h4-5,8-12,15-16H,3,6-7,13-14H2,1-2H3,(H,26,28);2*1-2H3. The Morgan fingerprint density at radius 2 is 1.69 bits per heavy atom. The van der Waals surface area contributed by atoms with Crippen LogP contribution in [-0.4, -0.2) is 36.7 Å². The van der Waals surface area contributed by atoms with Gasteiger partial charge < -0.3 is 5.43 Å². The van der Waals surface area contributed by atoms with Crippen molar-refractivity contribution in [2.75, 3.05) is 20.1 Å². The quantitative estimate of drug-likeness (QED) is 0.225. The van der Waals surface area contributed by atoms with Crippen LogP contribution in [0.15, 0.2) is 73.7 Å².